The monoisotopic (exact) mass is 400 g/mol. The summed E-state index contributed by atoms with van der Waals surface area (Å²) in [6.45, 7) is 3.30. The van der Waals surface area contributed by atoms with Crippen molar-refractivity contribution in [3.05, 3.63) is 83.9 Å². The minimum Gasteiger partial charge on any atom is -0.339 e. The third-order valence-electron chi connectivity index (χ3n) is 6.36. The SMILES string of the molecule is C[C@H](c1ccccc1)N(C)C(=O)C1CCN(C(=O)c2cccc3ccccc23)CC1. The summed E-state index contributed by atoms with van der Waals surface area (Å²) in [5, 5.41) is 2.06. The summed E-state index contributed by atoms with van der Waals surface area (Å²) in [5.41, 5.74) is 1.88. The van der Waals surface area contributed by atoms with Gasteiger partial charge in [0.15, 0.2) is 0 Å². The van der Waals surface area contributed by atoms with E-state index in [4.69, 9.17) is 0 Å². The van der Waals surface area contributed by atoms with Crippen LogP contribution in [0.3, 0.4) is 0 Å². The van der Waals surface area contributed by atoms with Gasteiger partial charge in [-0.2, -0.15) is 0 Å². The van der Waals surface area contributed by atoms with Gasteiger partial charge < -0.3 is 9.80 Å². The molecule has 3 aromatic carbocycles. The van der Waals surface area contributed by atoms with Gasteiger partial charge in [-0.1, -0.05) is 66.7 Å². The molecule has 4 heteroatoms. The first-order chi connectivity index (χ1) is 14.6. The Morgan fingerprint density at radius 1 is 0.900 bits per heavy atom. The zero-order chi connectivity index (χ0) is 21.1. The molecule has 1 heterocycles. The van der Waals surface area contributed by atoms with Crippen LogP contribution < -0.4 is 0 Å². The van der Waals surface area contributed by atoms with Gasteiger partial charge in [0, 0.05) is 31.6 Å². The van der Waals surface area contributed by atoms with Crippen molar-refractivity contribution in [2.45, 2.75) is 25.8 Å². The number of rotatable bonds is 4. The Morgan fingerprint density at radius 2 is 1.53 bits per heavy atom. The maximum absolute atomic E-state index is 13.1. The third-order valence-corrected chi connectivity index (χ3v) is 6.36. The van der Waals surface area contributed by atoms with Gasteiger partial charge in [0.05, 0.1) is 6.04 Å². The molecule has 0 radical (unpaired) electrons. The van der Waals surface area contributed by atoms with Gasteiger partial charge in [-0.15, -0.1) is 0 Å². The third kappa shape index (κ3) is 3.95. The van der Waals surface area contributed by atoms with Crippen molar-refractivity contribution >= 4 is 22.6 Å². The Bertz CT molecular complexity index is 1030. The van der Waals surface area contributed by atoms with Crippen molar-refractivity contribution in [1.29, 1.82) is 0 Å². The van der Waals surface area contributed by atoms with Crippen LogP contribution in [0.4, 0.5) is 0 Å². The molecule has 0 saturated carbocycles. The van der Waals surface area contributed by atoms with Crippen LogP contribution in [0.25, 0.3) is 10.8 Å². The van der Waals surface area contributed by atoms with Crippen LogP contribution in [0, 0.1) is 5.92 Å². The number of likely N-dealkylation sites (tertiary alicyclic amines) is 1. The topological polar surface area (TPSA) is 40.6 Å². The Balaban J connectivity index is 1.41. The van der Waals surface area contributed by atoms with E-state index >= 15 is 0 Å². The van der Waals surface area contributed by atoms with Crippen molar-refractivity contribution in [3.8, 4) is 0 Å². The standard InChI is InChI=1S/C26H28N2O2/c1-19(20-9-4-3-5-10-20)27(2)25(29)22-15-17-28(18-16-22)26(30)24-14-8-12-21-11-6-7-13-23(21)24/h3-14,19,22H,15-18H2,1-2H3/t19-/m1/s1. The molecule has 1 fully saturated rings. The molecule has 0 aliphatic carbocycles. The number of benzene rings is 3. The average molecular weight is 401 g/mol. The summed E-state index contributed by atoms with van der Waals surface area (Å²) in [4.78, 5) is 29.9. The largest absolute Gasteiger partial charge is 0.339 e. The normalized spacial score (nSPS) is 15.7. The maximum atomic E-state index is 13.1. The first-order valence-corrected chi connectivity index (χ1v) is 10.6. The predicted octanol–water partition coefficient (Wildman–Crippen LogP) is 4.91. The molecule has 2 amide bonds. The predicted molar refractivity (Wildman–Crippen MR) is 120 cm³/mol. The van der Waals surface area contributed by atoms with Crippen LogP contribution >= 0.6 is 0 Å². The highest BCUT2D eigenvalue weighted by Crippen LogP contribution is 2.27. The molecule has 1 aliphatic rings. The number of nitrogens with zero attached hydrogens (tertiary/aromatic N) is 2. The maximum Gasteiger partial charge on any atom is 0.254 e. The van der Waals surface area contributed by atoms with E-state index < -0.39 is 0 Å². The molecule has 3 aromatic rings. The first-order valence-electron chi connectivity index (χ1n) is 10.6. The van der Waals surface area contributed by atoms with Crippen molar-refractivity contribution < 1.29 is 9.59 Å². The number of piperidine rings is 1. The second-order valence-electron chi connectivity index (χ2n) is 8.13. The van der Waals surface area contributed by atoms with Gasteiger partial charge in [-0.05, 0) is 42.2 Å². The van der Waals surface area contributed by atoms with Crippen LogP contribution in [0.2, 0.25) is 0 Å². The van der Waals surface area contributed by atoms with E-state index in [9.17, 15) is 9.59 Å². The van der Waals surface area contributed by atoms with E-state index in [2.05, 4.69) is 19.1 Å². The van der Waals surface area contributed by atoms with Gasteiger partial charge in [0.25, 0.3) is 5.91 Å². The fourth-order valence-corrected chi connectivity index (χ4v) is 4.35. The minimum absolute atomic E-state index is 0.0299. The molecule has 154 valence electrons. The molecule has 1 saturated heterocycles. The van der Waals surface area contributed by atoms with Crippen molar-refractivity contribution in [2.75, 3.05) is 20.1 Å². The summed E-state index contributed by atoms with van der Waals surface area (Å²) in [7, 11) is 1.88. The molecule has 0 bridgehead atoms. The highest BCUT2D eigenvalue weighted by molar-refractivity contribution is 6.07. The highest BCUT2D eigenvalue weighted by Gasteiger charge is 2.31. The molecule has 1 atom stereocenters. The van der Waals surface area contributed by atoms with E-state index in [0.29, 0.717) is 25.9 Å². The molecule has 30 heavy (non-hydrogen) atoms. The van der Waals surface area contributed by atoms with Crippen LogP contribution in [0.5, 0.6) is 0 Å². The molecule has 4 rings (SSSR count). The van der Waals surface area contributed by atoms with Crippen LogP contribution in [-0.2, 0) is 4.79 Å². The lowest BCUT2D eigenvalue weighted by Crippen LogP contribution is -2.44. The molecule has 0 spiro atoms. The lowest BCUT2D eigenvalue weighted by Gasteiger charge is -2.35. The Hall–Kier alpha value is -3.14. The Labute approximate surface area is 178 Å². The quantitative estimate of drug-likeness (QED) is 0.624. The van der Waals surface area contributed by atoms with Gasteiger partial charge in [-0.25, -0.2) is 0 Å². The van der Waals surface area contributed by atoms with Gasteiger partial charge in [0.1, 0.15) is 0 Å². The second-order valence-corrected chi connectivity index (χ2v) is 8.13. The molecule has 4 nitrogen and oxygen atoms in total. The molecule has 0 unspecified atom stereocenters. The van der Waals surface area contributed by atoms with Gasteiger partial charge in [0.2, 0.25) is 5.91 Å². The lowest BCUT2D eigenvalue weighted by atomic mass is 9.93. The Kier molecular flexibility index (Phi) is 5.84. The van der Waals surface area contributed by atoms with Gasteiger partial charge in [-0.3, -0.25) is 9.59 Å². The van der Waals surface area contributed by atoms with E-state index in [1.807, 2.05) is 77.5 Å². The minimum atomic E-state index is -0.0299. The molecular formula is C26H28N2O2. The van der Waals surface area contributed by atoms with E-state index in [1.165, 1.54) is 0 Å². The summed E-state index contributed by atoms with van der Waals surface area (Å²) in [6.07, 6.45) is 1.42. The smallest absolute Gasteiger partial charge is 0.254 e. The number of carbonyl (C=O) groups excluding carboxylic acids is 2. The second kappa shape index (κ2) is 8.70. The van der Waals surface area contributed by atoms with E-state index in [0.717, 1.165) is 21.9 Å². The molecular weight excluding hydrogens is 372 g/mol. The summed E-state index contributed by atoms with van der Waals surface area (Å²) < 4.78 is 0. The number of hydrogen-bond donors (Lipinski definition) is 0. The highest BCUT2D eigenvalue weighted by atomic mass is 16.2. The molecule has 1 aliphatic heterocycles. The lowest BCUT2D eigenvalue weighted by molar-refractivity contribution is -0.137. The fraction of sp³-hybridized carbons (Fsp3) is 0.308. The molecule has 0 N–H and O–H groups in total. The van der Waals surface area contributed by atoms with Crippen molar-refractivity contribution in [3.63, 3.8) is 0 Å². The van der Waals surface area contributed by atoms with Crippen LogP contribution in [0.15, 0.2) is 72.8 Å². The molecule has 0 aromatic heterocycles. The zero-order valence-electron chi connectivity index (χ0n) is 17.6. The Morgan fingerprint density at radius 3 is 2.27 bits per heavy atom. The number of hydrogen-bond acceptors (Lipinski definition) is 2. The van der Waals surface area contributed by atoms with E-state index in [1.54, 1.807) is 0 Å². The number of carbonyl (C=O) groups is 2. The van der Waals surface area contributed by atoms with Crippen molar-refractivity contribution in [2.24, 2.45) is 5.92 Å². The van der Waals surface area contributed by atoms with Crippen LogP contribution in [-0.4, -0.2) is 41.8 Å². The summed E-state index contributed by atoms with van der Waals surface area (Å²) >= 11 is 0. The summed E-state index contributed by atoms with van der Waals surface area (Å²) in [5.74, 6) is 0.199. The summed E-state index contributed by atoms with van der Waals surface area (Å²) in [6, 6.07) is 24.0. The van der Waals surface area contributed by atoms with E-state index in [-0.39, 0.29) is 23.8 Å². The number of fused-ring (bicyclic) bond motifs is 1. The van der Waals surface area contributed by atoms with Crippen LogP contribution in [0.1, 0.15) is 41.7 Å². The fourth-order valence-electron chi connectivity index (χ4n) is 4.35. The van der Waals surface area contributed by atoms with Gasteiger partial charge >= 0.3 is 0 Å². The zero-order valence-corrected chi connectivity index (χ0v) is 17.6. The van der Waals surface area contributed by atoms with Crippen molar-refractivity contribution in [1.82, 2.24) is 9.80 Å². The average Bonchev–Trinajstić information content (AvgIpc) is 2.82. The number of amides is 2. The first kappa shape index (κ1) is 20.1.